The first-order chi connectivity index (χ1) is 11.7. The van der Waals surface area contributed by atoms with E-state index in [0.717, 1.165) is 28.7 Å². The number of fused-ring (bicyclic) bond motifs is 1. The summed E-state index contributed by atoms with van der Waals surface area (Å²) in [7, 11) is 1.94. The molecule has 1 aliphatic heterocycles. The van der Waals surface area contributed by atoms with Crippen LogP contribution in [0.4, 0.5) is 0 Å². The molecule has 0 saturated heterocycles. The number of hydrogen-bond acceptors (Lipinski definition) is 4. The van der Waals surface area contributed by atoms with Crippen molar-refractivity contribution >= 4 is 17.2 Å². The number of nitrogens with zero attached hydrogens (tertiary/aromatic N) is 3. The summed E-state index contributed by atoms with van der Waals surface area (Å²) >= 11 is 1.64. The van der Waals surface area contributed by atoms with Crippen molar-refractivity contribution < 1.29 is 9.53 Å². The number of carbonyl (C=O) groups excluding carboxylic acids is 1. The third kappa shape index (κ3) is 3.54. The number of aryl methyl sites for hydroxylation is 1. The lowest BCUT2D eigenvalue weighted by Gasteiger charge is -2.32. The minimum atomic E-state index is 0.181. The Balaban J connectivity index is 1.45. The van der Waals surface area contributed by atoms with E-state index in [4.69, 9.17) is 4.74 Å². The fourth-order valence-electron chi connectivity index (χ4n) is 3.30. The molecule has 0 bridgehead atoms. The number of aromatic nitrogens is 2. The van der Waals surface area contributed by atoms with Crippen LogP contribution in [0.15, 0.2) is 23.7 Å². The topological polar surface area (TPSA) is 47.4 Å². The van der Waals surface area contributed by atoms with Crippen LogP contribution in [0.2, 0.25) is 0 Å². The molecule has 1 amide bonds. The highest BCUT2D eigenvalue weighted by Gasteiger charge is 2.31. The van der Waals surface area contributed by atoms with Gasteiger partial charge in [-0.2, -0.15) is 5.10 Å². The monoisotopic (exact) mass is 345 g/mol. The fraction of sp³-hybridized carbons (Fsp3) is 0.556. The van der Waals surface area contributed by atoms with Crippen LogP contribution in [0, 0.1) is 5.92 Å². The van der Waals surface area contributed by atoms with Gasteiger partial charge in [-0.15, -0.1) is 11.3 Å². The maximum atomic E-state index is 12.7. The first-order valence-corrected chi connectivity index (χ1v) is 9.47. The van der Waals surface area contributed by atoms with Gasteiger partial charge in [-0.25, -0.2) is 0 Å². The molecule has 2 aliphatic rings. The lowest BCUT2D eigenvalue weighted by Crippen LogP contribution is -2.40. The molecule has 2 aromatic rings. The van der Waals surface area contributed by atoms with Crippen LogP contribution in [-0.2, 0) is 29.5 Å². The van der Waals surface area contributed by atoms with Crippen LogP contribution in [0.25, 0.3) is 0 Å². The molecule has 6 heteroatoms. The average Bonchev–Trinajstić information content (AvgIpc) is 3.08. The molecule has 128 valence electrons. The normalized spacial score (nSPS) is 20.2. The molecular weight excluding hydrogens is 322 g/mol. The molecule has 3 heterocycles. The van der Waals surface area contributed by atoms with E-state index in [9.17, 15) is 4.79 Å². The highest BCUT2D eigenvalue weighted by Crippen LogP contribution is 2.31. The van der Waals surface area contributed by atoms with E-state index in [-0.39, 0.29) is 11.8 Å². The Hall–Kier alpha value is -1.66. The van der Waals surface area contributed by atoms with Crippen LogP contribution < -0.4 is 0 Å². The molecule has 2 aromatic heterocycles. The summed E-state index contributed by atoms with van der Waals surface area (Å²) in [6.07, 6.45) is 5.12. The zero-order valence-corrected chi connectivity index (χ0v) is 14.8. The predicted molar refractivity (Wildman–Crippen MR) is 92.9 cm³/mol. The van der Waals surface area contributed by atoms with E-state index in [1.54, 1.807) is 11.3 Å². The molecule has 1 saturated carbocycles. The standard InChI is InChI=1S/C18H23N3O2S/c1-20-8-14-9-21(17(22)7-16-3-2-6-24-16)10-15(18(14)19-20)12-23-11-13-4-5-13/h2-3,6,8,13,15H,4-5,7,9-12H2,1H3/t15-/m1/s1. The van der Waals surface area contributed by atoms with Crippen molar-refractivity contribution in [3.63, 3.8) is 0 Å². The van der Waals surface area contributed by atoms with Gasteiger partial charge in [-0.05, 0) is 30.2 Å². The zero-order chi connectivity index (χ0) is 16.5. The quantitative estimate of drug-likeness (QED) is 0.808. The lowest BCUT2D eigenvalue weighted by atomic mass is 9.97. The molecule has 4 rings (SSSR count). The summed E-state index contributed by atoms with van der Waals surface area (Å²) in [5.41, 5.74) is 2.26. The lowest BCUT2D eigenvalue weighted by molar-refractivity contribution is -0.132. The molecule has 0 N–H and O–H groups in total. The second-order valence-electron chi connectivity index (χ2n) is 6.92. The second-order valence-corrected chi connectivity index (χ2v) is 7.95. The van der Waals surface area contributed by atoms with Gasteiger partial charge in [0.2, 0.25) is 5.91 Å². The van der Waals surface area contributed by atoms with E-state index in [1.807, 2.05) is 40.3 Å². The van der Waals surface area contributed by atoms with Gasteiger partial charge in [0.05, 0.1) is 18.7 Å². The Bertz CT molecular complexity index is 706. The molecule has 0 radical (unpaired) electrons. The number of thiophene rings is 1. The Morgan fingerprint density at radius 3 is 3.04 bits per heavy atom. The molecular formula is C18H23N3O2S. The third-order valence-electron chi connectivity index (χ3n) is 4.75. The van der Waals surface area contributed by atoms with E-state index in [0.29, 0.717) is 26.1 Å². The van der Waals surface area contributed by atoms with Gasteiger partial charge in [-0.1, -0.05) is 6.07 Å². The van der Waals surface area contributed by atoms with E-state index >= 15 is 0 Å². The summed E-state index contributed by atoms with van der Waals surface area (Å²) < 4.78 is 7.76. The van der Waals surface area contributed by atoms with Gasteiger partial charge < -0.3 is 9.64 Å². The predicted octanol–water partition coefficient (Wildman–Crippen LogP) is 2.58. The van der Waals surface area contributed by atoms with E-state index < -0.39 is 0 Å². The number of ether oxygens (including phenoxy) is 1. The first-order valence-electron chi connectivity index (χ1n) is 8.59. The fourth-order valence-corrected chi connectivity index (χ4v) is 4.00. The van der Waals surface area contributed by atoms with Crippen molar-refractivity contribution in [3.05, 3.63) is 39.8 Å². The SMILES string of the molecule is Cn1cc2c(n1)[C@@H](COCC1CC1)CN(C(=O)Cc1cccs1)C2. The maximum absolute atomic E-state index is 12.7. The Morgan fingerprint density at radius 2 is 2.29 bits per heavy atom. The summed E-state index contributed by atoms with van der Waals surface area (Å²) in [4.78, 5) is 15.8. The van der Waals surface area contributed by atoms with Crippen molar-refractivity contribution in [1.82, 2.24) is 14.7 Å². The highest BCUT2D eigenvalue weighted by molar-refractivity contribution is 7.10. The van der Waals surface area contributed by atoms with Crippen LogP contribution >= 0.6 is 11.3 Å². The van der Waals surface area contributed by atoms with Crippen molar-refractivity contribution in [3.8, 4) is 0 Å². The minimum absolute atomic E-state index is 0.181. The minimum Gasteiger partial charge on any atom is -0.380 e. The number of amides is 1. The Morgan fingerprint density at radius 1 is 1.42 bits per heavy atom. The summed E-state index contributed by atoms with van der Waals surface area (Å²) in [6.45, 7) is 2.87. The van der Waals surface area contributed by atoms with Gasteiger partial charge in [-0.3, -0.25) is 9.48 Å². The molecule has 1 aliphatic carbocycles. The zero-order valence-electron chi connectivity index (χ0n) is 14.0. The molecule has 0 aromatic carbocycles. The van der Waals surface area contributed by atoms with Gasteiger partial charge in [0, 0.05) is 49.3 Å². The number of carbonyl (C=O) groups is 1. The van der Waals surface area contributed by atoms with E-state index in [1.165, 1.54) is 12.8 Å². The van der Waals surface area contributed by atoms with Crippen molar-refractivity contribution in [2.45, 2.75) is 31.7 Å². The smallest absolute Gasteiger partial charge is 0.228 e. The maximum Gasteiger partial charge on any atom is 0.228 e. The molecule has 1 fully saturated rings. The molecule has 5 nitrogen and oxygen atoms in total. The average molecular weight is 345 g/mol. The van der Waals surface area contributed by atoms with Crippen LogP contribution in [0.5, 0.6) is 0 Å². The molecule has 24 heavy (non-hydrogen) atoms. The molecule has 0 spiro atoms. The third-order valence-corrected chi connectivity index (χ3v) is 5.63. The number of rotatable bonds is 6. The van der Waals surface area contributed by atoms with Gasteiger partial charge >= 0.3 is 0 Å². The van der Waals surface area contributed by atoms with Crippen LogP contribution in [-0.4, -0.2) is 40.3 Å². The van der Waals surface area contributed by atoms with Crippen LogP contribution in [0.3, 0.4) is 0 Å². The number of hydrogen-bond donors (Lipinski definition) is 0. The molecule has 0 unspecified atom stereocenters. The van der Waals surface area contributed by atoms with Gasteiger partial charge in [0.25, 0.3) is 0 Å². The van der Waals surface area contributed by atoms with Crippen molar-refractivity contribution in [2.24, 2.45) is 13.0 Å². The first kappa shape index (κ1) is 15.8. The van der Waals surface area contributed by atoms with Crippen LogP contribution in [0.1, 0.15) is 34.9 Å². The summed E-state index contributed by atoms with van der Waals surface area (Å²) in [5, 5.41) is 6.64. The Labute approximate surface area is 146 Å². The second kappa shape index (κ2) is 6.69. The molecule has 1 atom stereocenters. The van der Waals surface area contributed by atoms with Crippen molar-refractivity contribution in [2.75, 3.05) is 19.8 Å². The highest BCUT2D eigenvalue weighted by atomic mass is 32.1. The summed E-state index contributed by atoms with van der Waals surface area (Å²) in [6, 6.07) is 4.02. The van der Waals surface area contributed by atoms with E-state index in [2.05, 4.69) is 5.10 Å². The van der Waals surface area contributed by atoms with Crippen molar-refractivity contribution in [1.29, 1.82) is 0 Å². The van der Waals surface area contributed by atoms with Gasteiger partial charge in [0.15, 0.2) is 0 Å². The summed E-state index contributed by atoms with van der Waals surface area (Å²) in [5.74, 6) is 1.13. The Kier molecular flexibility index (Phi) is 4.41. The van der Waals surface area contributed by atoms with Gasteiger partial charge in [0.1, 0.15) is 0 Å². The largest absolute Gasteiger partial charge is 0.380 e.